The molecule has 2 N–H and O–H groups in total. The fraction of sp³-hybridized carbons (Fsp3) is 0.333. The van der Waals surface area contributed by atoms with Crippen LogP contribution >= 0.6 is 0 Å². The van der Waals surface area contributed by atoms with Gasteiger partial charge in [0.2, 0.25) is 17.7 Å². The van der Waals surface area contributed by atoms with Gasteiger partial charge >= 0.3 is 0 Å². The van der Waals surface area contributed by atoms with Crippen LogP contribution in [0.25, 0.3) is 0 Å². The lowest BCUT2D eigenvalue weighted by Gasteiger charge is -2.29. The third-order valence-electron chi connectivity index (χ3n) is 5.87. The zero-order valence-electron chi connectivity index (χ0n) is 17.6. The van der Waals surface area contributed by atoms with E-state index < -0.39 is 11.9 Å². The van der Waals surface area contributed by atoms with Crippen LogP contribution < -0.4 is 10.6 Å². The van der Waals surface area contributed by atoms with Crippen molar-refractivity contribution < 1.29 is 19.2 Å². The summed E-state index contributed by atoms with van der Waals surface area (Å²) in [4.78, 5) is 50.7. The maximum Gasteiger partial charge on any atom is 0.255 e. The quantitative estimate of drug-likeness (QED) is 0.729. The van der Waals surface area contributed by atoms with Crippen molar-refractivity contribution in [1.82, 2.24) is 10.2 Å². The van der Waals surface area contributed by atoms with Crippen LogP contribution in [0.4, 0.5) is 5.69 Å². The number of nitrogens with zero attached hydrogens (tertiary/aromatic N) is 1. The minimum absolute atomic E-state index is 0.169. The zero-order valence-corrected chi connectivity index (χ0v) is 17.6. The summed E-state index contributed by atoms with van der Waals surface area (Å²) in [5.74, 6) is -0.769. The van der Waals surface area contributed by atoms with Crippen molar-refractivity contribution >= 4 is 29.3 Å². The third-order valence-corrected chi connectivity index (χ3v) is 5.87. The molecule has 2 aromatic carbocycles. The van der Waals surface area contributed by atoms with Gasteiger partial charge in [0, 0.05) is 29.8 Å². The fourth-order valence-corrected chi connectivity index (χ4v) is 4.10. The Balaban J connectivity index is 1.47. The van der Waals surface area contributed by atoms with Crippen LogP contribution in [-0.2, 0) is 27.3 Å². The summed E-state index contributed by atoms with van der Waals surface area (Å²) in [7, 11) is 0. The van der Waals surface area contributed by atoms with Crippen LogP contribution in [0.3, 0.4) is 0 Å². The Bertz CT molecular complexity index is 1060. The topological polar surface area (TPSA) is 95.6 Å². The molecule has 4 rings (SSSR count). The molecule has 1 atom stereocenters. The molecular formula is C24H25N3O4. The Morgan fingerprint density at radius 2 is 1.87 bits per heavy atom. The highest BCUT2D eigenvalue weighted by atomic mass is 16.2. The number of hydrogen-bond donors (Lipinski definition) is 2. The Kier molecular flexibility index (Phi) is 5.59. The van der Waals surface area contributed by atoms with Gasteiger partial charge in [0.1, 0.15) is 6.04 Å². The smallest absolute Gasteiger partial charge is 0.255 e. The number of nitrogens with one attached hydrogen (secondary N) is 2. The number of hydrogen-bond acceptors (Lipinski definition) is 4. The first-order valence-corrected chi connectivity index (χ1v) is 10.5. The number of imide groups is 1. The predicted octanol–water partition coefficient (Wildman–Crippen LogP) is 2.75. The first-order chi connectivity index (χ1) is 14.8. The lowest BCUT2D eigenvalue weighted by molar-refractivity contribution is -0.137. The largest absolute Gasteiger partial charge is 0.325 e. The Morgan fingerprint density at radius 3 is 2.55 bits per heavy atom. The SMILES string of the molecule is CC(C)c1ccc(CC(=O)Nc2cccc3c2CN(C2CCC(=O)NC2=O)C3=O)cc1. The molecule has 0 bridgehead atoms. The number of rotatable bonds is 5. The highest BCUT2D eigenvalue weighted by Gasteiger charge is 2.39. The van der Waals surface area contributed by atoms with Gasteiger partial charge in [-0.05, 0) is 35.6 Å². The molecule has 2 heterocycles. The molecule has 0 spiro atoms. The highest BCUT2D eigenvalue weighted by Crippen LogP contribution is 2.32. The first-order valence-electron chi connectivity index (χ1n) is 10.5. The maximum absolute atomic E-state index is 12.9. The van der Waals surface area contributed by atoms with Crippen LogP contribution in [0.2, 0.25) is 0 Å². The Hall–Kier alpha value is -3.48. The second-order valence-electron chi connectivity index (χ2n) is 8.35. The summed E-state index contributed by atoms with van der Waals surface area (Å²) in [6, 6.07) is 12.5. The van der Waals surface area contributed by atoms with E-state index in [4.69, 9.17) is 0 Å². The van der Waals surface area contributed by atoms with Crippen molar-refractivity contribution in [3.63, 3.8) is 0 Å². The standard InChI is InChI=1S/C24H25N3O4/c1-14(2)16-8-6-15(7-9-16)12-22(29)25-19-5-3-4-17-18(19)13-27(24(17)31)20-10-11-21(28)26-23(20)30/h3-9,14,20H,10-13H2,1-2H3,(H,25,29)(H,26,28,30). The van der Waals surface area contributed by atoms with Gasteiger partial charge in [-0.15, -0.1) is 0 Å². The molecule has 0 saturated carbocycles. The molecule has 1 unspecified atom stereocenters. The van der Waals surface area contributed by atoms with Crippen LogP contribution in [0, 0.1) is 0 Å². The molecule has 1 fully saturated rings. The molecule has 0 radical (unpaired) electrons. The molecule has 160 valence electrons. The average molecular weight is 419 g/mol. The monoisotopic (exact) mass is 419 g/mol. The van der Waals surface area contributed by atoms with Crippen LogP contribution in [-0.4, -0.2) is 34.6 Å². The predicted molar refractivity (Wildman–Crippen MR) is 115 cm³/mol. The summed E-state index contributed by atoms with van der Waals surface area (Å²) in [6.07, 6.45) is 0.737. The molecule has 1 saturated heterocycles. The van der Waals surface area contributed by atoms with Gasteiger partial charge in [-0.3, -0.25) is 24.5 Å². The van der Waals surface area contributed by atoms with E-state index in [9.17, 15) is 19.2 Å². The highest BCUT2D eigenvalue weighted by molar-refractivity contribution is 6.06. The molecular weight excluding hydrogens is 394 g/mol. The van der Waals surface area contributed by atoms with E-state index in [2.05, 4.69) is 24.5 Å². The van der Waals surface area contributed by atoms with Gasteiger partial charge in [-0.25, -0.2) is 0 Å². The zero-order chi connectivity index (χ0) is 22.1. The van der Waals surface area contributed by atoms with E-state index in [1.54, 1.807) is 18.2 Å². The molecule has 2 aliphatic rings. The van der Waals surface area contributed by atoms with E-state index >= 15 is 0 Å². The molecule has 0 aliphatic carbocycles. The van der Waals surface area contributed by atoms with Gasteiger partial charge in [0.15, 0.2) is 0 Å². The van der Waals surface area contributed by atoms with E-state index in [1.165, 1.54) is 10.5 Å². The minimum atomic E-state index is -0.680. The van der Waals surface area contributed by atoms with Crippen molar-refractivity contribution in [2.75, 3.05) is 5.32 Å². The Morgan fingerprint density at radius 1 is 1.13 bits per heavy atom. The van der Waals surface area contributed by atoms with Crippen molar-refractivity contribution in [3.05, 3.63) is 64.7 Å². The molecule has 2 aromatic rings. The lowest BCUT2D eigenvalue weighted by atomic mass is 10.0. The summed E-state index contributed by atoms with van der Waals surface area (Å²) >= 11 is 0. The molecule has 7 nitrogen and oxygen atoms in total. The summed E-state index contributed by atoms with van der Waals surface area (Å²) in [5.41, 5.74) is 3.88. The van der Waals surface area contributed by atoms with Crippen molar-refractivity contribution in [3.8, 4) is 0 Å². The van der Waals surface area contributed by atoms with Gasteiger partial charge < -0.3 is 10.2 Å². The third kappa shape index (κ3) is 4.21. The summed E-state index contributed by atoms with van der Waals surface area (Å²) < 4.78 is 0. The molecule has 31 heavy (non-hydrogen) atoms. The number of benzene rings is 2. The van der Waals surface area contributed by atoms with Crippen LogP contribution in [0.1, 0.15) is 59.7 Å². The second-order valence-corrected chi connectivity index (χ2v) is 8.35. The van der Waals surface area contributed by atoms with Gasteiger partial charge in [0.05, 0.1) is 6.42 Å². The maximum atomic E-state index is 12.9. The van der Waals surface area contributed by atoms with E-state index in [1.807, 2.05) is 24.3 Å². The van der Waals surface area contributed by atoms with Crippen LogP contribution in [0.15, 0.2) is 42.5 Å². The number of fused-ring (bicyclic) bond motifs is 1. The Labute approximate surface area is 180 Å². The first kappa shape index (κ1) is 20.8. The number of piperidine rings is 1. The molecule has 4 amide bonds. The van der Waals surface area contributed by atoms with Crippen molar-refractivity contribution in [2.45, 2.75) is 51.6 Å². The normalized spacial score (nSPS) is 18.2. The van der Waals surface area contributed by atoms with E-state index in [-0.39, 0.29) is 37.1 Å². The summed E-state index contributed by atoms with van der Waals surface area (Å²) in [5, 5.41) is 5.21. The number of carbonyl (C=O) groups is 4. The fourth-order valence-electron chi connectivity index (χ4n) is 4.10. The minimum Gasteiger partial charge on any atom is -0.325 e. The van der Waals surface area contributed by atoms with E-state index in [0.717, 1.165) is 5.56 Å². The van der Waals surface area contributed by atoms with Crippen molar-refractivity contribution in [2.24, 2.45) is 0 Å². The number of carbonyl (C=O) groups excluding carboxylic acids is 4. The molecule has 2 aliphatic heterocycles. The summed E-state index contributed by atoms with van der Waals surface area (Å²) in [6.45, 7) is 4.47. The average Bonchev–Trinajstić information content (AvgIpc) is 3.06. The van der Waals surface area contributed by atoms with Crippen LogP contribution in [0.5, 0.6) is 0 Å². The van der Waals surface area contributed by atoms with Crippen molar-refractivity contribution in [1.29, 1.82) is 0 Å². The van der Waals surface area contributed by atoms with Gasteiger partial charge in [-0.1, -0.05) is 44.2 Å². The van der Waals surface area contributed by atoms with Gasteiger partial charge in [-0.2, -0.15) is 0 Å². The lowest BCUT2D eigenvalue weighted by Crippen LogP contribution is -2.52. The number of amides is 4. The number of anilines is 1. The molecule has 0 aromatic heterocycles. The van der Waals surface area contributed by atoms with Gasteiger partial charge in [0.25, 0.3) is 5.91 Å². The second kappa shape index (κ2) is 8.34. The van der Waals surface area contributed by atoms with E-state index in [0.29, 0.717) is 29.2 Å². The molecule has 7 heteroatoms.